The lowest BCUT2D eigenvalue weighted by molar-refractivity contribution is 0.174. The Morgan fingerprint density at radius 1 is 1.18 bits per heavy atom. The number of pyridine rings is 1. The molecule has 0 radical (unpaired) electrons. The summed E-state index contributed by atoms with van der Waals surface area (Å²) in [5.41, 5.74) is 10.3. The van der Waals surface area contributed by atoms with Crippen LogP contribution in [0.5, 0.6) is 11.5 Å². The van der Waals surface area contributed by atoms with Crippen LogP contribution in [0.15, 0.2) is 18.2 Å². The number of nitrogens with two attached hydrogens (primary N) is 1. The molecule has 1 aromatic carbocycles. The number of nitrogens with zero attached hydrogens (tertiary/aromatic N) is 2. The molecule has 0 atom stereocenters. The molecular weight excluding hydrogens is 278 g/mol. The van der Waals surface area contributed by atoms with Crippen molar-refractivity contribution >= 4 is 5.82 Å². The molecule has 2 aliphatic rings. The number of aromatic nitrogens is 1. The van der Waals surface area contributed by atoms with Gasteiger partial charge in [-0.25, -0.2) is 4.98 Å². The summed E-state index contributed by atoms with van der Waals surface area (Å²) in [6.07, 6.45) is 4.03. The maximum atomic E-state index is 9.57. The first-order chi connectivity index (χ1) is 10.8. The second-order valence-electron chi connectivity index (χ2n) is 5.53. The summed E-state index contributed by atoms with van der Waals surface area (Å²) in [7, 11) is 0. The second kappa shape index (κ2) is 4.92. The Labute approximate surface area is 128 Å². The van der Waals surface area contributed by atoms with E-state index in [2.05, 4.69) is 11.1 Å². The average Bonchev–Trinajstić information content (AvgIpc) is 3.02. The zero-order valence-corrected chi connectivity index (χ0v) is 12.1. The van der Waals surface area contributed by atoms with E-state index >= 15 is 0 Å². The van der Waals surface area contributed by atoms with Crippen molar-refractivity contribution in [2.24, 2.45) is 0 Å². The molecule has 0 unspecified atom stereocenters. The highest BCUT2D eigenvalue weighted by Gasteiger charge is 2.26. The quantitative estimate of drug-likeness (QED) is 0.874. The third-order valence-corrected chi connectivity index (χ3v) is 4.28. The van der Waals surface area contributed by atoms with Crippen LogP contribution in [0.25, 0.3) is 11.1 Å². The summed E-state index contributed by atoms with van der Waals surface area (Å²) in [6, 6.07) is 7.96. The number of ether oxygens (including phenoxy) is 2. The molecule has 0 amide bonds. The molecule has 1 aliphatic carbocycles. The third-order valence-electron chi connectivity index (χ3n) is 4.28. The van der Waals surface area contributed by atoms with Gasteiger partial charge in [0.05, 0.1) is 0 Å². The van der Waals surface area contributed by atoms with Gasteiger partial charge in [-0.3, -0.25) is 0 Å². The van der Waals surface area contributed by atoms with Gasteiger partial charge in [0.15, 0.2) is 11.5 Å². The molecule has 5 heteroatoms. The molecule has 2 aromatic rings. The van der Waals surface area contributed by atoms with E-state index in [4.69, 9.17) is 15.2 Å². The van der Waals surface area contributed by atoms with Gasteiger partial charge in [0.2, 0.25) is 6.79 Å². The van der Waals surface area contributed by atoms with Crippen LogP contribution in [-0.4, -0.2) is 11.8 Å². The highest BCUT2D eigenvalue weighted by atomic mass is 16.7. The van der Waals surface area contributed by atoms with Crippen molar-refractivity contribution in [1.29, 1.82) is 5.26 Å². The van der Waals surface area contributed by atoms with Crippen molar-refractivity contribution in [3.05, 3.63) is 35.0 Å². The van der Waals surface area contributed by atoms with E-state index in [1.165, 1.54) is 0 Å². The summed E-state index contributed by atoms with van der Waals surface area (Å²) in [6.45, 7) is 0.205. The molecule has 0 saturated carbocycles. The molecule has 4 rings (SSSR count). The van der Waals surface area contributed by atoms with Crippen LogP contribution in [-0.2, 0) is 12.8 Å². The van der Waals surface area contributed by atoms with Crippen molar-refractivity contribution in [2.45, 2.75) is 25.7 Å². The zero-order chi connectivity index (χ0) is 15.1. The van der Waals surface area contributed by atoms with Crippen LogP contribution in [0.4, 0.5) is 5.82 Å². The Bertz CT molecular complexity index is 809. The Morgan fingerprint density at radius 2 is 2.05 bits per heavy atom. The molecule has 2 heterocycles. The van der Waals surface area contributed by atoms with Crippen LogP contribution in [0.2, 0.25) is 0 Å². The molecule has 0 bridgehead atoms. The van der Waals surface area contributed by atoms with Gasteiger partial charge in [-0.2, -0.15) is 5.26 Å². The predicted molar refractivity (Wildman–Crippen MR) is 81.6 cm³/mol. The molecule has 1 aromatic heterocycles. The third kappa shape index (κ3) is 1.81. The van der Waals surface area contributed by atoms with Crippen molar-refractivity contribution in [3.63, 3.8) is 0 Å². The molecule has 22 heavy (non-hydrogen) atoms. The van der Waals surface area contributed by atoms with Crippen molar-refractivity contribution in [2.75, 3.05) is 12.5 Å². The van der Waals surface area contributed by atoms with E-state index in [1.807, 2.05) is 18.2 Å². The number of hydrogen-bond acceptors (Lipinski definition) is 5. The summed E-state index contributed by atoms with van der Waals surface area (Å²) in [5.74, 6) is 1.70. The molecule has 0 fully saturated rings. The maximum absolute atomic E-state index is 9.57. The Balaban J connectivity index is 2.05. The highest BCUT2D eigenvalue weighted by molar-refractivity contribution is 5.84. The number of nitriles is 1. The second-order valence-corrected chi connectivity index (χ2v) is 5.53. The molecule has 5 nitrogen and oxygen atoms in total. The molecular formula is C17H15N3O2. The summed E-state index contributed by atoms with van der Waals surface area (Å²) < 4.78 is 11.1. The smallest absolute Gasteiger partial charge is 0.231 e. The van der Waals surface area contributed by atoms with Gasteiger partial charge >= 0.3 is 0 Å². The fraction of sp³-hybridized carbons (Fsp3) is 0.294. The van der Waals surface area contributed by atoms with Gasteiger partial charge in [0.25, 0.3) is 0 Å². The lowest BCUT2D eigenvalue weighted by atomic mass is 9.86. The fourth-order valence-electron chi connectivity index (χ4n) is 3.30. The molecule has 2 N–H and O–H groups in total. The Hall–Kier alpha value is -2.74. The average molecular weight is 293 g/mol. The van der Waals surface area contributed by atoms with E-state index in [-0.39, 0.29) is 6.79 Å². The summed E-state index contributed by atoms with van der Waals surface area (Å²) >= 11 is 0. The summed E-state index contributed by atoms with van der Waals surface area (Å²) in [4.78, 5) is 4.45. The summed E-state index contributed by atoms with van der Waals surface area (Å²) in [5, 5.41) is 9.57. The minimum absolute atomic E-state index is 0.205. The molecule has 110 valence electrons. The normalized spacial score (nSPS) is 15.2. The molecule has 1 aliphatic heterocycles. The standard InChI is InChI=1S/C17H15N3O2/c18-8-12-15(10-4-1-2-6-13(10)20-17(12)19)11-5-3-7-14-16(11)22-9-21-14/h3,5,7H,1-2,4,6,9H2,(H2,19,20). The largest absolute Gasteiger partial charge is 0.454 e. The monoisotopic (exact) mass is 293 g/mol. The number of benzene rings is 1. The van der Waals surface area contributed by atoms with Crippen molar-refractivity contribution in [3.8, 4) is 28.7 Å². The zero-order valence-electron chi connectivity index (χ0n) is 12.1. The SMILES string of the molecule is N#Cc1c(N)nc2c(c1-c1cccc3c1OCO3)CCCC2. The van der Waals surface area contributed by atoms with E-state index in [9.17, 15) is 5.26 Å². The van der Waals surface area contributed by atoms with Gasteiger partial charge in [-0.1, -0.05) is 12.1 Å². The van der Waals surface area contributed by atoms with Gasteiger partial charge in [-0.15, -0.1) is 0 Å². The Kier molecular flexibility index (Phi) is 2.90. The number of rotatable bonds is 1. The number of aryl methyl sites for hydroxylation is 1. The van der Waals surface area contributed by atoms with Gasteiger partial charge in [0, 0.05) is 16.8 Å². The van der Waals surface area contributed by atoms with Crippen LogP contribution >= 0.6 is 0 Å². The van der Waals surface area contributed by atoms with Crippen LogP contribution in [0.1, 0.15) is 29.7 Å². The van der Waals surface area contributed by atoms with Gasteiger partial charge in [0.1, 0.15) is 17.5 Å². The number of para-hydroxylation sites is 1. The lowest BCUT2D eigenvalue weighted by Crippen LogP contribution is -2.12. The minimum Gasteiger partial charge on any atom is -0.454 e. The van der Waals surface area contributed by atoms with Crippen LogP contribution in [0.3, 0.4) is 0 Å². The predicted octanol–water partition coefficient (Wildman–Crippen LogP) is 2.81. The van der Waals surface area contributed by atoms with E-state index in [1.54, 1.807) is 0 Å². The first-order valence-electron chi connectivity index (χ1n) is 7.40. The fourth-order valence-corrected chi connectivity index (χ4v) is 3.30. The minimum atomic E-state index is 0.205. The lowest BCUT2D eigenvalue weighted by Gasteiger charge is -2.21. The van der Waals surface area contributed by atoms with Crippen molar-refractivity contribution < 1.29 is 9.47 Å². The van der Waals surface area contributed by atoms with Crippen molar-refractivity contribution in [1.82, 2.24) is 4.98 Å². The van der Waals surface area contributed by atoms with E-state index in [0.717, 1.165) is 48.1 Å². The topological polar surface area (TPSA) is 81.2 Å². The number of hydrogen-bond donors (Lipinski definition) is 1. The first-order valence-corrected chi connectivity index (χ1v) is 7.40. The number of nitrogen functional groups attached to an aromatic ring is 1. The number of fused-ring (bicyclic) bond motifs is 2. The van der Waals surface area contributed by atoms with Crippen LogP contribution < -0.4 is 15.2 Å². The van der Waals surface area contributed by atoms with Crippen LogP contribution in [0, 0.1) is 11.3 Å². The van der Waals surface area contributed by atoms with E-state index < -0.39 is 0 Å². The van der Waals surface area contributed by atoms with Gasteiger partial charge < -0.3 is 15.2 Å². The Morgan fingerprint density at radius 3 is 2.91 bits per heavy atom. The maximum Gasteiger partial charge on any atom is 0.231 e. The highest BCUT2D eigenvalue weighted by Crippen LogP contribution is 2.45. The molecule has 0 saturated heterocycles. The first kappa shape index (κ1) is 13.0. The number of anilines is 1. The van der Waals surface area contributed by atoms with Gasteiger partial charge in [-0.05, 0) is 37.3 Å². The molecule has 0 spiro atoms. The van der Waals surface area contributed by atoms with E-state index in [0.29, 0.717) is 22.9 Å².